The van der Waals surface area contributed by atoms with Gasteiger partial charge in [0.15, 0.2) is 5.75 Å². The number of hydrogen-bond donors (Lipinski definition) is 0. The molecule has 0 unspecified atom stereocenters. The van der Waals surface area contributed by atoms with E-state index >= 15 is 0 Å². The molecule has 0 saturated carbocycles. The fourth-order valence-corrected chi connectivity index (χ4v) is 3.23. The van der Waals surface area contributed by atoms with E-state index in [1.54, 1.807) is 14.2 Å². The Bertz CT molecular complexity index is 756. The van der Waals surface area contributed by atoms with Gasteiger partial charge in [0, 0.05) is 0 Å². The predicted octanol–water partition coefficient (Wildman–Crippen LogP) is 6.26. The van der Waals surface area contributed by atoms with Gasteiger partial charge in [-0.3, -0.25) is 0 Å². The highest BCUT2D eigenvalue weighted by Gasteiger charge is 2.39. The Morgan fingerprint density at radius 1 is 0.769 bits per heavy atom. The number of methoxy groups -OCH3 is 2. The van der Waals surface area contributed by atoms with E-state index in [1.165, 1.54) is 0 Å². The Morgan fingerprint density at radius 2 is 1.35 bits per heavy atom. The summed E-state index contributed by atoms with van der Waals surface area (Å²) in [6.07, 6.45) is 4.16. The van der Waals surface area contributed by atoms with Crippen LogP contribution in [0.4, 0.5) is 0 Å². The van der Waals surface area contributed by atoms with Crippen LogP contribution in [0.25, 0.3) is 12.2 Å². The summed E-state index contributed by atoms with van der Waals surface area (Å²) in [5.41, 5.74) is 2.20. The Hall–Kier alpha value is -2.20. The van der Waals surface area contributed by atoms with Gasteiger partial charge in [-0.25, -0.2) is 0 Å². The first-order chi connectivity index (χ1) is 12.2. The van der Waals surface area contributed by atoms with Gasteiger partial charge in [0.05, 0.1) is 14.2 Å². The minimum atomic E-state index is -1.93. The lowest BCUT2D eigenvalue weighted by molar-refractivity contribution is 0.386. The maximum atomic E-state index is 6.47. The molecule has 0 aliphatic carbocycles. The molecule has 4 heteroatoms. The lowest BCUT2D eigenvalue weighted by Crippen LogP contribution is -2.43. The topological polar surface area (TPSA) is 27.7 Å². The van der Waals surface area contributed by atoms with Crippen molar-refractivity contribution in [1.29, 1.82) is 0 Å². The minimum Gasteiger partial charge on any atom is -0.541 e. The maximum Gasteiger partial charge on any atom is 0.250 e. The summed E-state index contributed by atoms with van der Waals surface area (Å²) < 4.78 is 17.2. The highest BCUT2D eigenvalue weighted by Crippen LogP contribution is 2.40. The van der Waals surface area contributed by atoms with Crippen LogP contribution in [0.15, 0.2) is 42.5 Å². The molecule has 0 aliphatic rings. The van der Waals surface area contributed by atoms with Crippen molar-refractivity contribution in [2.75, 3.05) is 14.2 Å². The second-order valence-corrected chi connectivity index (χ2v) is 12.6. The van der Waals surface area contributed by atoms with Crippen molar-refractivity contribution in [3.8, 4) is 17.2 Å². The van der Waals surface area contributed by atoms with Crippen molar-refractivity contribution in [2.24, 2.45) is 0 Å². The lowest BCUT2D eigenvalue weighted by atomic mass is 10.1. The maximum absolute atomic E-state index is 6.47. The highest BCUT2D eigenvalue weighted by molar-refractivity contribution is 6.74. The molecule has 2 aromatic rings. The average Bonchev–Trinajstić information content (AvgIpc) is 2.59. The monoisotopic (exact) mass is 370 g/mol. The van der Waals surface area contributed by atoms with Crippen LogP contribution in [0.2, 0.25) is 18.1 Å². The van der Waals surface area contributed by atoms with Crippen LogP contribution < -0.4 is 13.9 Å². The van der Waals surface area contributed by atoms with Crippen LogP contribution in [0.3, 0.4) is 0 Å². The lowest BCUT2D eigenvalue weighted by Gasteiger charge is -2.36. The largest absolute Gasteiger partial charge is 0.541 e. The molecule has 2 rings (SSSR count). The van der Waals surface area contributed by atoms with Crippen LogP contribution in [0.1, 0.15) is 31.9 Å². The first kappa shape index (κ1) is 20.1. The smallest absolute Gasteiger partial charge is 0.250 e. The molecule has 0 aliphatic heterocycles. The fraction of sp³-hybridized carbons (Fsp3) is 0.364. The van der Waals surface area contributed by atoms with Gasteiger partial charge in [-0.15, -0.1) is 0 Å². The summed E-state index contributed by atoms with van der Waals surface area (Å²) in [5.74, 6) is 2.45. The van der Waals surface area contributed by atoms with Crippen LogP contribution in [0, 0.1) is 0 Å². The third-order valence-corrected chi connectivity index (χ3v) is 9.29. The molecule has 0 bridgehead atoms. The molecule has 0 spiro atoms. The molecule has 3 nitrogen and oxygen atoms in total. The third-order valence-electron chi connectivity index (χ3n) is 4.94. The Balaban J connectivity index is 2.26. The summed E-state index contributed by atoms with van der Waals surface area (Å²) in [5, 5.41) is 0.132. The van der Waals surface area contributed by atoms with E-state index in [9.17, 15) is 0 Å². The minimum absolute atomic E-state index is 0.132. The molecule has 0 heterocycles. The normalized spacial score (nSPS) is 12.3. The van der Waals surface area contributed by atoms with Gasteiger partial charge in [-0.1, -0.05) is 51.1 Å². The zero-order valence-electron chi connectivity index (χ0n) is 16.9. The molecular weight excluding hydrogens is 340 g/mol. The SMILES string of the molecule is COc1ccc(/C=C/c2ccc(OC)c(O[Si](C)(C)C(C)(C)C)c2)cc1. The molecule has 2 aromatic carbocycles. The number of ether oxygens (including phenoxy) is 2. The first-order valence-electron chi connectivity index (χ1n) is 8.85. The molecule has 140 valence electrons. The molecular formula is C22H30O3Si. The Labute approximate surface area is 158 Å². The zero-order chi connectivity index (χ0) is 19.4. The van der Waals surface area contributed by atoms with Crippen LogP contribution >= 0.6 is 0 Å². The van der Waals surface area contributed by atoms with Crippen molar-refractivity contribution in [3.05, 3.63) is 53.6 Å². The standard InChI is InChI=1S/C22H30O3Si/c1-22(2,3)26(6,7)25-21-16-18(12-15-20(21)24-5)9-8-17-10-13-19(23-4)14-11-17/h8-16H,1-7H3/b9-8+. The Kier molecular flexibility index (Phi) is 6.19. The molecule has 0 radical (unpaired) electrons. The summed E-state index contributed by atoms with van der Waals surface area (Å²) in [6.45, 7) is 11.2. The van der Waals surface area contributed by atoms with E-state index in [-0.39, 0.29) is 5.04 Å². The number of benzene rings is 2. The van der Waals surface area contributed by atoms with Crippen LogP contribution in [0.5, 0.6) is 17.2 Å². The van der Waals surface area contributed by atoms with Crippen molar-refractivity contribution >= 4 is 20.5 Å². The van der Waals surface area contributed by atoms with Gasteiger partial charge in [0.1, 0.15) is 11.5 Å². The van der Waals surface area contributed by atoms with E-state index < -0.39 is 8.32 Å². The van der Waals surface area contributed by atoms with E-state index in [0.29, 0.717) is 0 Å². The van der Waals surface area contributed by atoms with E-state index in [2.05, 4.69) is 52.1 Å². The third kappa shape index (κ3) is 4.91. The molecule has 0 N–H and O–H groups in total. The molecule has 0 fully saturated rings. The zero-order valence-corrected chi connectivity index (χ0v) is 17.9. The summed E-state index contributed by atoms with van der Waals surface area (Å²) >= 11 is 0. The fourth-order valence-electron chi connectivity index (χ4n) is 2.21. The van der Waals surface area contributed by atoms with E-state index in [4.69, 9.17) is 13.9 Å². The average molecular weight is 371 g/mol. The van der Waals surface area contributed by atoms with Crippen molar-refractivity contribution in [2.45, 2.75) is 38.9 Å². The quantitative estimate of drug-likeness (QED) is 0.444. The van der Waals surface area contributed by atoms with Crippen molar-refractivity contribution in [1.82, 2.24) is 0 Å². The number of rotatable bonds is 6. The van der Waals surface area contributed by atoms with Gasteiger partial charge < -0.3 is 13.9 Å². The van der Waals surface area contributed by atoms with Crippen molar-refractivity contribution < 1.29 is 13.9 Å². The second-order valence-electron chi connectivity index (χ2n) is 7.88. The highest BCUT2D eigenvalue weighted by atomic mass is 28.4. The first-order valence-corrected chi connectivity index (χ1v) is 11.8. The van der Waals surface area contributed by atoms with Gasteiger partial charge in [-0.05, 0) is 53.5 Å². The predicted molar refractivity (Wildman–Crippen MR) is 113 cm³/mol. The van der Waals surface area contributed by atoms with Gasteiger partial charge in [0.25, 0.3) is 8.32 Å². The summed E-state index contributed by atoms with van der Waals surface area (Å²) in [7, 11) is 1.42. The van der Waals surface area contributed by atoms with Gasteiger partial charge >= 0.3 is 0 Å². The summed E-state index contributed by atoms with van der Waals surface area (Å²) in [6, 6.07) is 14.0. The van der Waals surface area contributed by atoms with Gasteiger partial charge in [-0.2, -0.15) is 0 Å². The molecule has 0 saturated heterocycles. The second kappa shape index (κ2) is 8.00. The van der Waals surface area contributed by atoms with Gasteiger partial charge in [0.2, 0.25) is 0 Å². The number of hydrogen-bond acceptors (Lipinski definition) is 3. The molecule has 0 aromatic heterocycles. The molecule has 0 atom stereocenters. The summed E-state index contributed by atoms with van der Waals surface area (Å²) in [4.78, 5) is 0. The van der Waals surface area contributed by atoms with Crippen LogP contribution in [-0.4, -0.2) is 22.5 Å². The Morgan fingerprint density at radius 3 is 1.88 bits per heavy atom. The van der Waals surface area contributed by atoms with E-state index in [0.717, 1.165) is 28.4 Å². The molecule has 26 heavy (non-hydrogen) atoms. The van der Waals surface area contributed by atoms with Crippen molar-refractivity contribution in [3.63, 3.8) is 0 Å². The molecule has 0 amide bonds. The van der Waals surface area contributed by atoms with Crippen LogP contribution in [-0.2, 0) is 0 Å². The van der Waals surface area contributed by atoms with E-state index in [1.807, 2.05) is 36.4 Å².